The zero-order valence-electron chi connectivity index (χ0n) is 13.3. The zero-order chi connectivity index (χ0) is 16.8. The molecule has 7 nitrogen and oxygen atoms in total. The Balaban J connectivity index is 1.63. The number of ketones is 1. The number of aromatic nitrogens is 4. The number of fused-ring (bicyclic) bond motifs is 1. The van der Waals surface area contributed by atoms with Crippen molar-refractivity contribution in [2.75, 3.05) is 5.32 Å². The summed E-state index contributed by atoms with van der Waals surface area (Å²) in [5.41, 5.74) is 2.39. The van der Waals surface area contributed by atoms with Crippen LogP contribution in [0.5, 0.6) is 0 Å². The van der Waals surface area contributed by atoms with E-state index in [2.05, 4.69) is 20.4 Å². The van der Waals surface area contributed by atoms with Gasteiger partial charge in [0.25, 0.3) is 0 Å². The molecule has 0 radical (unpaired) electrons. The highest BCUT2D eigenvalue weighted by atomic mass is 16.3. The van der Waals surface area contributed by atoms with Gasteiger partial charge in [0.2, 0.25) is 5.95 Å². The Bertz CT molecular complexity index is 959. The Morgan fingerprint density at radius 2 is 2.12 bits per heavy atom. The van der Waals surface area contributed by atoms with Crippen LogP contribution >= 0.6 is 0 Å². The van der Waals surface area contributed by atoms with Crippen molar-refractivity contribution in [1.82, 2.24) is 19.7 Å². The van der Waals surface area contributed by atoms with Crippen LogP contribution in [-0.4, -0.2) is 25.5 Å². The second kappa shape index (κ2) is 5.41. The highest BCUT2D eigenvalue weighted by Crippen LogP contribution is 2.43. The van der Waals surface area contributed by atoms with E-state index in [1.807, 2.05) is 30.3 Å². The van der Waals surface area contributed by atoms with Gasteiger partial charge in [0.1, 0.15) is 18.1 Å². The first-order valence-corrected chi connectivity index (χ1v) is 8.18. The maximum absolute atomic E-state index is 13.0. The molecule has 0 fully saturated rings. The van der Waals surface area contributed by atoms with Crippen LogP contribution in [-0.2, 0) is 4.79 Å². The van der Waals surface area contributed by atoms with Crippen LogP contribution in [0.2, 0.25) is 0 Å². The van der Waals surface area contributed by atoms with E-state index >= 15 is 0 Å². The molecule has 5 rings (SSSR count). The van der Waals surface area contributed by atoms with Gasteiger partial charge in [0.05, 0.1) is 12.0 Å². The van der Waals surface area contributed by atoms with Crippen LogP contribution in [0.15, 0.2) is 64.8 Å². The molecule has 0 amide bonds. The highest BCUT2D eigenvalue weighted by Gasteiger charge is 2.40. The van der Waals surface area contributed by atoms with E-state index in [-0.39, 0.29) is 17.7 Å². The van der Waals surface area contributed by atoms with E-state index in [9.17, 15) is 4.79 Å². The number of rotatable bonds is 2. The number of hydrogen-bond acceptors (Lipinski definition) is 6. The summed E-state index contributed by atoms with van der Waals surface area (Å²) >= 11 is 0. The van der Waals surface area contributed by atoms with Crippen molar-refractivity contribution in [1.29, 1.82) is 0 Å². The van der Waals surface area contributed by atoms with Crippen molar-refractivity contribution >= 4 is 11.7 Å². The van der Waals surface area contributed by atoms with E-state index in [1.165, 1.54) is 6.33 Å². The average molecular weight is 333 g/mol. The predicted molar refractivity (Wildman–Crippen MR) is 88.7 cm³/mol. The molecule has 0 spiro atoms. The monoisotopic (exact) mass is 333 g/mol. The fraction of sp³-hybridized carbons (Fsp3) is 0.222. The lowest BCUT2D eigenvalue weighted by Crippen LogP contribution is -2.33. The summed E-state index contributed by atoms with van der Waals surface area (Å²) < 4.78 is 7.25. The predicted octanol–water partition coefficient (Wildman–Crippen LogP) is 2.68. The topological polar surface area (TPSA) is 85.8 Å². The third-order valence-corrected chi connectivity index (χ3v) is 4.78. The summed E-state index contributed by atoms with van der Waals surface area (Å²) in [6, 6.07) is 9.12. The van der Waals surface area contributed by atoms with Crippen LogP contribution in [0.4, 0.5) is 5.95 Å². The number of anilines is 1. The van der Waals surface area contributed by atoms with Gasteiger partial charge in [-0.2, -0.15) is 10.1 Å². The maximum Gasteiger partial charge on any atom is 0.226 e. The third kappa shape index (κ3) is 2.20. The fourth-order valence-corrected chi connectivity index (χ4v) is 3.69. The minimum atomic E-state index is -0.347. The zero-order valence-corrected chi connectivity index (χ0v) is 13.3. The van der Waals surface area contributed by atoms with Crippen LogP contribution in [0, 0.1) is 0 Å². The largest absolute Gasteiger partial charge is 0.469 e. The first-order valence-electron chi connectivity index (χ1n) is 8.18. The van der Waals surface area contributed by atoms with Crippen LogP contribution in [0.25, 0.3) is 0 Å². The second-order valence-corrected chi connectivity index (χ2v) is 6.25. The molecule has 3 aromatic rings. The number of nitrogens with zero attached hydrogens (tertiary/aromatic N) is 4. The normalized spacial score (nSPS) is 22.3. The third-order valence-electron chi connectivity index (χ3n) is 4.78. The van der Waals surface area contributed by atoms with Gasteiger partial charge in [-0.1, -0.05) is 6.07 Å². The molecule has 1 aliphatic heterocycles. The number of furan rings is 1. The van der Waals surface area contributed by atoms with E-state index in [4.69, 9.17) is 4.42 Å². The molecule has 25 heavy (non-hydrogen) atoms. The molecule has 3 aromatic heterocycles. The smallest absolute Gasteiger partial charge is 0.226 e. The summed E-state index contributed by atoms with van der Waals surface area (Å²) in [6.45, 7) is 0. The second-order valence-electron chi connectivity index (χ2n) is 6.25. The number of carbonyl (C=O) groups is 1. The molecule has 2 atom stereocenters. The Morgan fingerprint density at radius 3 is 2.92 bits per heavy atom. The molecule has 0 saturated carbocycles. The summed E-state index contributed by atoms with van der Waals surface area (Å²) in [7, 11) is 0. The van der Waals surface area contributed by atoms with E-state index in [0.29, 0.717) is 18.8 Å². The summed E-state index contributed by atoms with van der Waals surface area (Å²) in [5.74, 6) is 1.59. The minimum Gasteiger partial charge on any atom is -0.469 e. The molecule has 0 unspecified atom stereocenters. The van der Waals surface area contributed by atoms with Crippen molar-refractivity contribution in [3.8, 4) is 0 Å². The molecule has 0 aromatic carbocycles. The van der Waals surface area contributed by atoms with Crippen LogP contribution < -0.4 is 5.32 Å². The Kier molecular flexibility index (Phi) is 3.06. The fourth-order valence-electron chi connectivity index (χ4n) is 3.69. The summed E-state index contributed by atoms with van der Waals surface area (Å²) in [5, 5.41) is 7.59. The van der Waals surface area contributed by atoms with Crippen molar-refractivity contribution < 1.29 is 9.21 Å². The lowest BCUT2D eigenvalue weighted by Gasteiger charge is -2.34. The van der Waals surface area contributed by atoms with Crippen molar-refractivity contribution in [3.63, 3.8) is 0 Å². The molecule has 124 valence electrons. The van der Waals surface area contributed by atoms with E-state index in [0.717, 1.165) is 22.7 Å². The Labute approximate surface area is 143 Å². The molecule has 0 saturated heterocycles. The highest BCUT2D eigenvalue weighted by molar-refractivity contribution is 6.00. The van der Waals surface area contributed by atoms with Gasteiger partial charge in [-0.15, -0.1) is 0 Å². The van der Waals surface area contributed by atoms with Crippen LogP contribution in [0.3, 0.4) is 0 Å². The number of pyridine rings is 1. The Hall–Kier alpha value is -3.22. The van der Waals surface area contributed by atoms with Gasteiger partial charge in [-0.3, -0.25) is 9.78 Å². The number of carbonyl (C=O) groups excluding carboxylic acids is 1. The minimum absolute atomic E-state index is 0.0348. The number of Topliss-reactive ketones (excluding diaryl/α,β-unsaturated/α-hetero) is 1. The van der Waals surface area contributed by atoms with Gasteiger partial charge in [0, 0.05) is 29.8 Å². The van der Waals surface area contributed by atoms with E-state index in [1.54, 1.807) is 17.1 Å². The van der Waals surface area contributed by atoms with Crippen molar-refractivity contribution in [3.05, 3.63) is 71.8 Å². The lowest BCUT2D eigenvalue weighted by atomic mass is 9.80. The quantitative estimate of drug-likeness (QED) is 0.776. The number of hydrogen-bond donors (Lipinski definition) is 1. The molecular weight excluding hydrogens is 318 g/mol. The summed E-state index contributed by atoms with van der Waals surface area (Å²) in [6.07, 6.45) is 5.98. The lowest BCUT2D eigenvalue weighted by molar-refractivity contribution is -0.117. The van der Waals surface area contributed by atoms with Gasteiger partial charge in [-0.25, -0.2) is 4.68 Å². The number of allylic oxidation sites excluding steroid dienone is 2. The molecule has 2 aliphatic rings. The van der Waals surface area contributed by atoms with Gasteiger partial charge in [0.15, 0.2) is 5.78 Å². The first kappa shape index (κ1) is 14.2. The first-order chi connectivity index (χ1) is 12.3. The van der Waals surface area contributed by atoms with E-state index < -0.39 is 0 Å². The molecule has 4 heterocycles. The average Bonchev–Trinajstić information content (AvgIpc) is 3.32. The van der Waals surface area contributed by atoms with Gasteiger partial charge < -0.3 is 9.73 Å². The van der Waals surface area contributed by atoms with Crippen LogP contribution in [0.1, 0.15) is 36.3 Å². The molecule has 1 aliphatic carbocycles. The summed E-state index contributed by atoms with van der Waals surface area (Å²) in [4.78, 5) is 21.8. The molecular formula is C18H15N5O2. The SMILES string of the molecule is O=C1C[C@H](c2ccco2)CC2=C1[C@@H](c1ccccn1)n1ncnc1N2. The van der Waals surface area contributed by atoms with Crippen molar-refractivity contribution in [2.45, 2.75) is 24.8 Å². The maximum atomic E-state index is 13.0. The Morgan fingerprint density at radius 1 is 1.16 bits per heavy atom. The standard InChI is InChI=1S/C18H15N5O2/c24-14-9-11(15-5-3-7-25-15)8-13-16(14)17(12-4-1-2-6-19-12)23-18(22-13)20-10-21-23/h1-7,10-11,17H,8-9H2,(H,20,21,22)/t11-,17-/m1/s1. The number of nitrogens with one attached hydrogen (secondary N) is 1. The van der Waals surface area contributed by atoms with Gasteiger partial charge >= 0.3 is 0 Å². The molecule has 1 N–H and O–H groups in total. The van der Waals surface area contributed by atoms with Gasteiger partial charge in [-0.05, 0) is 30.7 Å². The van der Waals surface area contributed by atoms with Crippen molar-refractivity contribution in [2.24, 2.45) is 0 Å². The molecule has 0 bridgehead atoms. The molecule has 7 heteroatoms.